The van der Waals surface area contributed by atoms with Gasteiger partial charge in [0.15, 0.2) is 0 Å². The summed E-state index contributed by atoms with van der Waals surface area (Å²) in [6.45, 7) is 1.95. The Morgan fingerprint density at radius 2 is 1.55 bits per heavy atom. The van der Waals surface area contributed by atoms with Crippen molar-refractivity contribution < 1.29 is 14.3 Å². The van der Waals surface area contributed by atoms with Crippen molar-refractivity contribution in [2.24, 2.45) is 0 Å². The summed E-state index contributed by atoms with van der Waals surface area (Å²) in [5.41, 5.74) is 2.40. The molecule has 0 aliphatic heterocycles. The minimum absolute atomic E-state index is 0.148. The Bertz CT molecular complexity index is 1030. The van der Waals surface area contributed by atoms with Crippen molar-refractivity contribution in [2.75, 3.05) is 7.05 Å². The number of rotatable bonds is 6. The van der Waals surface area contributed by atoms with Crippen LogP contribution in [0.3, 0.4) is 0 Å². The number of hydrogen-bond donors (Lipinski definition) is 2. The van der Waals surface area contributed by atoms with Crippen LogP contribution in [0.2, 0.25) is 0 Å². The molecule has 0 atom stereocenters. The molecule has 146 valence electrons. The van der Waals surface area contributed by atoms with Gasteiger partial charge in [-0.05, 0) is 55.0 Å². The third-order valence-corrected chi connectivity index (χ3v) is 4.18. The first-order chi connectivity index (χ1) is 14.0. The summed E-state index contributed by atoms with van der Waals surface area (Å²) in [6.07, 6.45) is 1.61. The van der Waals surface area contributed by atoms with Crippen LogP contribution in [-0.2, 0) is 4.79 Å². The van der Waals surface area contributed by atoms with Crippen molar-refractivity contribution in [3.8, 4) is 11.5 Å². The standard InChI is InChI=1S/C24H22N2O3/c1-17-11-13-19(14-12-17)23(27)26-22(24(28)25-2)16-18-7-6-10-21(15-18)29-20-8-4-3-5-9-20/h3-16H,1-2H3,(H,25,28)(H,26,27). The average molecular weight is 386 g/mol. The molecule has 0 heterocycles. The van der Waals surface area contributed by atoms with Gasteiger partial charge in [-0.2, -0.15) is 0 Å². The highest BCUT2D eigenvalue weighted by atomic mass is 16.5. The topological polar surface area (TPSA) is 67.4 Å². The van der Waals surface area contributed by atoms with Gasteiger partial charge in [0.05, 0.1) is 0 Å². The van der Waals surface area contributed by atoms with E-state index in [4.69, 9.17) is 4.74 Å². The fourth-order valence-electron chi connectivity index (χ4n) is 2.65. The van der Waals surface area contributed by atoms with Crippen LogP contribution in [0.5, 0.6) is 11.5 Å². The van der Waals surface area contributed by atoms with E-state index in [2.05, 4.69) is 10.6 Å². The smallest absolute Gasteiger partial charge is 0.267 e. The SMILES string of the molecule is CNC(=O)C(=Cc1cccc(Oc2ccccc2)c1)NC(=O)c1ccc(C)cc1. The van der Waals surface area contributed by atoms with Gasteiger partial charge in [0.1, 0.15) is 17.2 Å². The molecule has 3 rings (SSSR count). The fourth-order valence-corrected chi connectivity index (χ4v) is 2.65. The van der Waals surface area contributed by atoms with E-state index in [0.717, 1.165) is 11.1 Å². The van der Waals surface area contributed by atoms with Gasteiger partial charge in [-0.25, -0.2) is 0 Å². The number of carbonyl (C=O) groups excluding carboxylic acids is 2. The van der Waals surface area contributed by atoms with Crippen LogP contribution >= 0.6 is 0 Å². The maximum absolute atomic E-state index is 12.5. The largest absolute Gasteiger partial charge is 0.457 e. The zero-order chi connectivity index (χ0) is 20.6. The van der Waals surface area contributed by atoms with Gasteiger partial charge >= 0.3 is 0 Å². The molecular weight excluding hydrogens is 364 g/mol. The summed E-state index contributed by atoms with van der Waals surface area (Å²) in [7, 11) is 1.52. The van der Waals surface area contributed by atoms with Crippen molar-refractivity contribution in [1.82, 2.24) is 10.6 Å². The quantitative estimate of drug-likeness (QED) is 0.621. The maximum atomic E-state index is 12.5. The maximum Gasteiger partial charge on any atom is 0.267 e. The second kappa shape index (κ2) is 9.37. The lowest BCUT2D eigenvalue weighted by atomic mass is 10.1. The number of amides is 2. The lowest BCUT2D eigenvalue weighted by Crippen LogP contribution is -2.33. The third-order valence-electron chi connectivity index (χ3n) is 4.18. The molecule has 0 saturated carbocycles. The molecule has 0 unspecified atom stereocenters. The Morgan fingerprint density at radius 3 is 2.24 bits per heavy atom. The Hall–Kier alpha value is -3.86. The number of aryl methyl sites for hydroxylation is 1. The molecule has 2 amide bonds. The van der Waals surface area contributed by atoms with Crippen LogP contribution in [-0.4, -0.2) is 18.9 Å². The molecule has 0 bridgehead atoms. The molecular formula is C24H22N2O3. The molecule has 0 aliphatic carbocycles. The molecule has 0 aromatic heterocycles. The first kappa shape index (κ1) is 19.9. The van der Waals surface area contributed by atoms with E-state index < -0.39 is 0 Å². The van der Waals surface area contributed by atoms with E-state index in [0.29, 0.717) is 17.1 Å². The van der Waals surface area contributed by atoms with E-state index in [1.807, 2.05) is 67.6 Å². The molecule has 0 spiro atoms. The minimum atomic E-state index is -0.389. The Morgan fingerprint density at radius 1 is 0.862 bits per heavy atom. The number of nitrogens with one attached hydrogen (secondary N) is 2. The van der Waals surface area contributed by atoms with Gasteiger partial charge in [0.25, 0.3) is 11.8 Å². The van der Waals surface area contributed by atoms with Crippen LogP contribution < -0.4 is 15.4 Å². The van der Waals surface area contributed by atoms with Crippen molar-refractivity contribution in [1.29, 1.82) is 0 Å². The summed E-state index contributed by atoms with van der Waals surface area (Å²) in [4.78, 5) is 24.8. The predicted octanol–water partition coefficient (Wildman–Crippen LogP) is 4.30. The molecule has 0 fully saturated rings. The number of carbonyl (C=O) groups is 2. The van der Waals surface area contributed by atoms with Crippen LogP contribution in [0.1, 0.15) is 21.5 Å². The van der Waals surface area contributed by atoms with Gasteiger partial charge in [-0.1, -0.05) is 48.0 Å². The molecule has 3 aromatic rings. The molecule has 5 heteroatoms. The first-order valence-electron chi connectivity index (χ1n) is 9.20. The highest BCUT2D eigenvalue weighted by molar-refractivity contribution is 6.05. The number of para-hydroxylation sites is 1. The van der Waals surface area contributed by atoms with Gasteiger partial charge in [-0.3, -0.25) is 9.59 Å². The molecule has 5 nitrogen and oxygen atoms in total. The van der Waals surface area contributed by atoms with E-state index in [1.54, 1.807) is 24.3 Å². The van der Waals surface area contributed by atoms with Crippen LogP contribution in [0.25, 0.3) is 6.08 Å². The molecule has 0 radical (unpaired) electrons. The third kappa shape index (κ3) is 5.56. The zero-order valence-corrected chi connectivity index (χ0v) is 16.3. The van der Waals surface area contributed by atoms with Gasteiger partial charge in [0, 0.05) is 12.6 Å². The van der Waals surface area contributed by atoms with Gasteiger partial charge < -0.3 is 15.4 Å². The van der Waals surface area contributed by atoms with E-state index in [1.165, 1.54) is 7.05 Å². The number of ether oxygens (including phenoxy) is 1. The molecule has 0 saturated heterocycles. The summed E-state index contributed by atoms with van der Waals surface area (Å²) in [5.74, 6) is 0.607. The first-order valence-corrected chi connectivity index (χ1v) is 9.20. The Balaban J connectivity index is 1.83. The highest BCUT2D eigenvalue weighted by Gasteiger charge is 2.13. The van der Waals surface area contributed by atoms with E-state index >= 15 is 0 Å². The molecule has 3 aromatic carbocycles. The van der Waals surface area contributed by atoms with Gasteiger partial charge in [-0.15, -0.1) is 0 Å². The number of hydrogen-bond acceptors (Lipinski definition) is 3. The second-order valence-corrected chi connectivity index (χ2v) is 6.44. The van der Waals surface area contributed by atoms with Crippen molar-refractivity contribution in [3.63, 3.8) is 0 Å². The molecule has 2 N–H and O–H groups in total. The van der Waals surface area contributed by atoms with Crippen molar-refractivity contribution >= 4 is 17.9 Å². The zero-order valence-electron chi connectivity index (χ0n) is 16.3. The lowest BCUT2D eigenvalue weighted by Gasteiger charge is -2.10. The molecule has 29 heavy (non-hydrogen) atoms. The summed E-state index contributed by atoms with van der Waals surface area (Å²) in [6, 6.07) is 23.9. The number of benzene rings is 3. The van der Waals surface area contributed by atoms with Crippen molar-refractivity contribution in [2.45, 2.75) is 6.92 Å². The van der Waals surface area contributed by atoms with Gasteiger partial charge in [0.2, 0.25) is 0 Å². The van der Waals surface area contributed by atoms with Crippen LogP contribution in [0, 0.1) is 6.92 Å². The number of likely N-dealkylation sites (N-methyl/N-ethyl adjacent to an activating group) is 1. The van der Waals surface area contributed by atoms with Crippen molar-refractivity contribution in [3.05, 3.63) is 101 Å². The monoisotopic (exact) mass is 386 g/mol. The average Bonchev–Trinajstić information content (AvgIpc) is 2.74. The van der Waals surface area contributed by atoms with Crippen LogP contribution in [0.15, 0.2) is 84.6 Å². The fraction of sp³-hybridized carbons (Fsp3) is 0.0833. The minimum Gasteiger partial charge on any atom is -0.457 e. The summed E-state index contributed by atoms with van der Waals surface area (Å²) < 4.78 is 5.83. The Kier molecular flexibility index (Phi) is 6.43. The normalized spacial score (nSPS) is 10.9. The van der Waals surface area contributed by atoms with E-state index in [-0.39, 0.29) is 17.5 Å². The highest BCUT2D eigenvalue weighted by Crippen LogP contribution is 2.22. The molecule has 0 aliphatic rings. The summed E-state index contributed by atoms with van der Waals surface area (Å²) >= 11 is 0. The lowest BCUT2D eigenvalue weighted by molar-refractivity contribution is -0.117. The van der Waals surface area contributed by atoms with Crippen LogP contribution in [0.4, 0.5) is 0 Å². The second-order valence-electron chi connectivity index (χ2n) is 6.44. The predicted molar refractivity (Wildman–Crippen MR) is 114 cm³/mol. The Labute approximate surface area is 170 Å². The summed E-state index contributed by atoms with van der Waals surface area (Å²) in [5, 5.41) is 5.24. The van der Waals surface area contributed by atoms with E-state index in [9.17, 15) is 9.59 Å².